The normalized spacial score (nSPS) is 15.2. The van der Waals surface area contributed by atoms with E-state index in [1.54, 1.807) is 0 Å². The number of hydrogen-bond donors (Lipinski definition) is 1. The van der Waals surface area contributed by atoms with Gasteiger partial charge in [0.25, 0.3) is 0 Å². The highest BCUT2D eigenvalue weighted by Crippen LogP contribution is 2.29. The Hall–Kier alpha value is -1.04. The van der Waals surface area contributed by atoms with Crippen LogP contribution in [-0.4, -0.2) is 25.6 Å². The summed E-state index contributed by atoms with van der Waals surface area (Å²) in [6, 6.07) is 2.93. The van der Waals surface area contributed by atoms with Crippen molar-refractivity contribution in [2.24, 2.45) is 0 Å². The number of halogens is 2. The van der Waals surface area contributed by atoms with Crippen molar-refractivity contribution < 1.29 is 23.4 Å². The molecule has 90 valence electrons. The lowest BCUT2D eigenvalue weighted by Gasteiger charge is -2.31. The van der Waals surface area contributed by atoms with Crippen molar-refractivity contribution in [1.82, 2.24) is 0 Å². The van der Waals surface area contributed by atoms with E-state index in [-0.39, 0.29) is 5.56 Å². The van der Waals surface area contributed by atoms with E-state index < -0.39 is 23.5 Å². The molecule has 1 atom stereocenters. The molecule has 0 aliphatic carbocycles. The number of aliphatic hydroxyl groups is 1. The molecular formula is C11H14F2O3. The summed E-state index contributed by atoms with van der Waals surface area (Å²) < 4.78 is 35.9. The largest absolute Gasteiger partial charge is 0.380 e. The minimum absolute atomic E-state index is 0.0809. The zero-order valence-electron chi connectivity index (χ0n) is 9.33. The van der Waals surface area contributed by atoms with Crippen LogP contribution < -0.4 is 0 Å². The molecule has 0 aromatic heterocycles. The fourth-order valence-electron chi connectivity index (χ4n) is 1.58. The van der Waals surface area contributed by atoms with Crippen LogP contribution in [0.25, 0.3) is 0 Å². The zero-order valence-corrected chi connectivity index (χ0v) is 9.33. The molecule has 0 saturated heterocycles. The molecule has 1 aromatic carbocycles. The lowest BCUT2D eigenvalue weighted by molar-refractivity contribution is -0.214. The van der Waals surface area contributed by atoms with Gasteiger partial charge in [0.05, 0.1) is 0 Å². The Bertz CT molecular complexity index is 362. The van der Waals surface area contributed by atoms with Gasteiger partial charge in [-0.2, -0.15) is 0 Å². The van der Waals surface area contributed by atoms with Gasteiger partial charge in [-0.25, -0.2) is 8.78 Å². The number of rotatable bonds is 4. The van der Waals surface area contributed by atoms with Gasteiger partial charge >= 0.3 is 0 Å². The van der Waals surface area contributed by atoms with Crippen LogP contribution in [0, 0.1) is 11.6 Å². The van der Waals surface area contributed by atoms with E-state index in [4.69, 9.17) is 9.47 Å². The highest BCUT2D eigenvalue weighted by atomic mass is 19.1. The molecule has 5 heteroatoms. The van der Waals surface area contributed by atoms with Crippen LogP contribution in [0.1, 0.15) is 12.5 Å². The van der Waals surface area contributed by atoms with Crippen LogP contribution in [-0.2, 0) is 15.1 Å². The molecule has 0 bridgehead atoms. The van der Waals surface area contributed by atoms with Crippen molar-refractivity contribution in [1.29, 1.82) is 0 Å². The lowest BCUT2D eigenvalue weighted by atomic mass is 9.94. The Balaban J connectivity index is 3.15. The number of ether oxygens (including phenoxy) is 2. The van der Waals surface area contributed by atoms with Crippen LogP contribution in [0.4, 0.5) is 8.78 Å². The molecule has 0 fully saturated rings. The maximum atomic E-state index is 13.5. The summed E-state index contributed by atoms with van der Waals surface area (Å²) in [7, 11) is 2.65. The van der Waals surface area contributed by atoms with Gasteiger partial charge in [0, 0.05) is 25.8 Å². The first-order chi connectivity index (χ1) is 7.43. The molecule has 3 nitrogen and oxygen atoms in total. The van der Waals surface area contributed by atoms with Gasteiger partial charge in [-0.15, -0.1) is 0 Å². The van der Waals surface area contributed by atoms with E-state index in [1.807, 2.05) is 0 Å². The molecule has 1 aromatic rings. The number of hydrogen-bond acceptors (Lipinski definition) is 3. The van der Waals surface area contributed by atoms with E-state index in [1.165, 1.54) is 21.1 Å². The summed E-state index contributed by atoms with van der Waals surface area (Å²) in [5.41, 5.74) is -1.77. The molecule has 16 heavy (non-hydrogen) atoms. The van der Waals surface area contributed by atoms with Gasteiger partial charge in [-0.05, 0) is 13.0 Å². The quantitative estimate of drug-likeness (QED) is 0.804. The van der Waals surface area contributed by atoms with Crippen molar-refractivity contribution in [3.8, 4) is 0 Å². The molecule has 1 rings (SSSR count). The van der Waals surface area contributed by atoms with Gasteiger partial charge in [-0.3, -0.25) is 0 Å². The van der Waals surface area contributed by atoms with Gasteiger partial charge in [0.1, 0.15) is 17.2 Å². The average molecular weight is 232 g/mol. The topological polar surface area (TPSA) is 38.7 Å². The van der Waals surface area contributed by atoms with Crippen molar-refractivity contribution in [3.63, 3.8) is 0 Å². The number of benzene rings is 1. The standard InChI is InChI=1S/C11H14F2O3/c1-11(14,10(15-2)16-3)8-5-4-7(12)6-9(8)13/h4-6,10,14H,1-3H3. The highest BCUT2D eigenvalue weighted by molar-refractivity contribution is 5.25. The van der Waals surface area contributed by atoms with Gasteiger partial charge in [0.2, 0.25) is 0 Å². The van der Waals surface area contributed by atoms with Crippen molar-refractivity contribution >= 4 is 0 Å². The fourth-order valence-corrected chi connectivity index (χ4v) is 1.58. The van der Waals surface area contributed by atoms with Gasteiger partial charge in [0.15, 0.2) is 6.29 Å². The molecule has 0 amide bonds. The van der Waals surface area contributed by atoms with E-state index in [0.29, 0.717) is 6.07 Å². The van der Waals surface area contributed by atoms with Crippen molar-refractivity contribution in [3.05, 3.63) is 35.4 Å². The molecule has 0 spiro atoms. The molecular weight excluding hydrogens is 218 g/mol. The predicted octanol–water partition coefficient (Wildman–Crippen LogP) is 1.79. The smallest absolute Gasteiger partial charge is 0.189 e. The molecule has 1 unspecified atom stereocenters. The van der Waals surface area contributed by atoms with Crippen LogP contribution >= 0.6 is 0 Å². The van der Waals surface area contributed by atoms with Crippen molar-refractivity contribution in [2.45, 2.75) is 18.8 Å². The summed E-state index contributed by atoms with van der Waals surface area (Å²) in [6.45, 7) is 1.33. The van der Waals surface area contributed by atoms with E-state index in [0.717, 1.165) is 12.1 Å². The first-order valence-electron chi connectivity index (χ1n) is 4.67. The summed E-state index contributed by atoms with van der Waals surface area (Å²) in [5.74, 6) is -1.55. The van der Waals surface area contributed by atoms with Gasteiger partial charge in [-0.1, -0.05) is 6.07 Å². The molecule has 0 radical (unpaired) electrons. The summed E-state index contributed by atoms with van der Waals surface area (Å²) in [6.07, 6.45) is -1.03. The monoisotopic (exact) mass is 232 g/mol. The molecule has 0 aliphatic rings. The molecule has 1 N–H and O–H groups in total. The van der Waals surface area contributed by atoms with E-state index in [9.17, 15) is 13.9 Å². The molecule has 0 aliphatic heterocycles. The Labute approximate surface area is 92.6 Å². The van der Waals surface area contributed by atoms with Gasteiger partial charge < -0.3 is 14.6 Å². The Morgan fingerprint density at radius 3 is 2.25 bits per heavy atom. The zero-order chi connectivity index (χ0) is 12.3. The first kappa shape index (κ1) is 13.0. The van der Waals surface area contributed by atoms with Crippen LogP contribution in [0.5, 0.6) is 0 Å². The summed E-state index contributed by atoms with van der Waals surface area (Å²) in [5, 5.41) is 10.1. The van der Waals surface area contributed by atoms with Crippen LogP contribution in [0.15, 0.2) is 18.2 Å². The predicted molar refractivity (Wildman–Crippen MR) is 53.7 cm³/mol. The van der Waals surface area contributed by atoms with E-state index >= 15 is 0 Å². The van der Waals surface area contributed by atoms with Crippen LogP contribution in [0.3, 0.4) is 0 Å². The third-order valence-corrected chi connectivity index (χ3v) is 2.36. The molecule has 0 heterocycles. The third-order valence-electron chi connectivity index (χ3n) is 2.36. The summed E-state index contributed by atoms with van der Waals surface area (Å²) in [4.78, 5) is 0. The fraction of sp³-hybridized carbons (Fsp3) is 0.455. The second-order valence-electron chi connectivity index (χ2n) is 3.58. The maximum absolute atomic E-state index is 13.5. The molecule has 0 saturated carbocycles. The second-order valence-corrected chi connectivity index (χ2v) is 3.58. The Morgan fingerprint density at radius 2 is 1.81 bits per heavy atom. The van der Waals surface area contributed by atoms with Crippen molar-refractivity contribution in [2.75, 3.05) is 14.2 Å². The maximum Gasteiger partial charge on any atom is 0.189 e. The highest BCUT2D eigenvalue weighted by Gasteiger charge is 2.36. The third kappa shape index (κ3) is 2.37. The van der Waals surface area contributed by atoms with Crippen LogP contribution in [0.2, 0.25) is 0 Å². The lowest BCUT2D eigenvalue weighted by Crippen LogP contribution is -2.40. The average Bonchev–Trinajstić information content (AvgIpc) is 2.18. The SMILES string of the molecule is COC(OC)C(C)(O)c1ccc(F)cc1F. The minimum Gasteiger partial charge on any atom is -0.380 e. The Morgan fingerprint density at radius 1 is 1.25 bits per heavy atom. The minimum atomic E-state index is -1.69. The second kappa shape index (κ2) is 4.86. The first-order valence-corrected chi connectivity index (χ1v) is 4.67. The Kier molecular flexibility index (Phi) is 3.96. The number of methoxy groups -OCH3 is 2. The van der Waals surface area contributed by atoms with E-state index in [2.05, 4.69) is 0 Å². The summed E-state index contributed by atoms with van der Waals surface area (Å²) >= 11 is 0.